The van der Waals surface area contributed by atoms with Gasteiger partial charge in [0.05, 0.1) is 0 Å². The van der Waals surface area contributed by atoms with Gasteiger partial charge in [0.25, 0.3) is 0 Å². The summed E-state index contributed by atoms with van der Waals surface area (Å²) in [6.07, 6.45) is 7.98. The molecule has 1 radical (unpaired) electrons. The number of ketones is 1. The van der Waals surface area contributed by atoms with E-state index < -0.39 is 0 Å². The molecule has 1 nitrogen and oxygen atoms in total. The van der Waals surface area contributed by atoms with Crippen LogP contribution in [0.4, 0.5) is 0 Å². The third-order valence-corrected chi connectivity index (χ3v) is 2.02. The summed E-state index contributed by atoms with van der Waals surface area (Å²) in [5.41, 5.74) is 2.49. The molecule has 0 spiro atoms. The average Bonchev–Trinajstić information content (AvgIpc) is 2.02. The Morgan fingerprint density at radius 2 is 1.64 bits per heavy atom. The van der Waals surface area contributed by atoms with E-state index in [2.05, 4.69) is 26.0 Å². The maximum Gasteiger partial charge on any atom is 0.130 e. The first-order valence-electron chi connectivity index (χ1n) is 5.16. The number of rotatable bonds is 6. The van der Waals surface area contributed by atoms with Gasteiger partial charge in [-0.2, -0.15) is 0 Å². The fourth-order valence-corrected chi connectivity index (χ4v) is 1.17. The van der Waals surface area contributed by atoms with Crippen molar-refractivity contribution in [3.63, 3.8) is 0 Å². The summed E-state index contributed by atoms with van der Waals surface area (Å²) >= 11 is 0. The summed E-state index contributed by atoms with van der Waals surface area (Å²) < 4.78 is 0. The van der Waals surface area contributed by atoms with E-state index in [9.17, 15) is 4.79 Å². The maximum atomic E-state index is 10.7. The first kappa shape index (κ1) is 13.2. The fraction of sp³-hybridized carbons (Fsp3) is 0.538. The lowest BCUT2D eigenvalue weighted by atomic mass is 10.1. The zero-order chi connectivity index (χ0) is 11.0. The lowest BCUT2D eigenvalue weighted by molar-refractivity contribution is -0.116. The van der Waals surface area contributed by atoms with Crippen LogP contribution in [0.15, 0.2) is 23.3 Å². The summed E-state index contributed by atoms with van der Waals surface area (Å²) in [5.74, 6) is 0.266. The van der Waals surface area contributed by atoms with Crippen LogP contribution in [0.25, 0.3) is 0 Å². The molecule has 0 atom stereocenters. The van der Waals surface area contributed by atoms with Crippen LogP contribution in [-0.2, 0) is 4.79 Å². The second-order valence-electron chi connectivity index (χ2n) is 3.88. The van der Waals surface area contributed by atoms with Crippen LogP contribution in [0, 0.1) is 6.92 Å². The van der Waals surface area contributed by atoms with Gasteiger partial charge in [0.2, 0.25) is 0 Å². The Bertz CT molecular complexity index is 230. The van der Waals surface area contributed by atoms with E-state index in [4.69, 9.17) is 0 Å². The Labute approximate surface area is 87.9 Å². The van der Waals surface area contributed by atoms with E-state index in [0.717, 1.165) is 24.8 Å². The molecule has 0 saturated carbocycles. The maximum absolute atomic E-state index is 10.7. The van der Waals surface area contributed by atoms with Gasteiger partial charge < -0.3 is 4.79 Å². The van der Waals surface area contributed by atoms with E-state index >= 15 is 0 Å². The zero-order valence-corrected chi connectivity index (χ0v) is 9.60. The standard InChI is InChI=1S/C13H21O/c1-11(2)7-5-8-12(3)9-6-10-13(4)14/h7,9H,1,5-6,8,10H2,2-4H3. The molecular formula is C13H21O. The molecule has 14 heavy (non-hydrogen) atoms. The van der Waals surface area contributed by atoms with Gasteiger partial charge >= 0.3 is 0 Å². The summed E-state index contributed by atoms with van der Waals surface area (Å²) in [6.45, 7) is 9.58. The molecule has 79 valence electrons. The minimum absolute atomic E-state index is 0.266. The predicted molar refractivity (Wildman–Crippen MR) is 62.0 cm³/mol. The summed E-state index contributed by atoms with van der Waals surface area (Å²) in [7, 11) is 0. The predicted octanol–water partition coefficient (Wildman–Crippen LogP) is 3.86. The number of hydrogen-bond donors (Lipinski definition) is 0. The van der Waals surface area contributed by atoms with Crippen molar-refractivity contribution in [2.75, 3.05) is 0 Å². The first-order chi connectivity index (χ1) is 6.52. The molecule has 0 bridgehead atoms. The second kappa shape index (κ2) is 7.54. The Morgan fingerprint density at radius 1 is 1.07 bits per heavy atom. The molecule has 0 unspecified atom stereocenters. The van der Waals surface area contributed by atoms with Crippen LogP contribution in [0.1, 0.15) is 46.5 Å². The van der Waals surface area contributed by atoms with Crippen molar-refractivity contribution in [3.05, 3.63) is 30.2 Å². The molecular weight excluding hydrogens is 172 g/mol. The molecule has 1 heteroatoms. The third-order valence-electron chi connectivity index (χ3n) is 2.02. The molecule has 0 N–H and O–H groups in total. The Morgan fingerprint density at radius 3 is 2.14 bits per heavy atom. The second-order valence-corrected chi connectivity index (χ2v) is 3.88. The Hall–Kier alpha value is -0.850. The van der Waals surface area contributed by atoms with Crippen LogP contribution in [0.3, 0.4) is 0 Å². The van der Waals surface area contributed by atoms with E-state index in [1.807, 2.05) is 6.92 Å². The lowest BCUT2D eigenvalue weighted by Gasteiger charge is -1.98. The van der Waals surface area contributed by atoms with E-state index in [1.54, 1.807) is 6.92 Å². The molecule has 0 aliphatic carbocycles. The first-order valence-corrected chi connectivity index (χ1v) is 5.16. The Balaban J connectivity index is 3.67. The van der Waals surface area contributed by atoms with Crippen molar-refractivity contribution < 1.29 is 4.79 Å². The van der Waals surface area contributed by atoms with Crippen molar-refractivity contribution in [2.24, 2.45) is 0 Å². The van der Waals surface area contributed by atoms with Crippen molar-refractivity contribution in [3.8, 4) is 0 Å². The van der Waals surface area contributed by atoms with Crippen LogP contribution in [0.2, 0.25) is 0 Å². The number of allylic oxidation sites excluding steroid dienone is 4. The van der Waals surface area contributed by atoms with E-state index in [-0.39, 0.29) is 5.78 Å². The largest absolute Gasteiger partial charge is 0.300 e. The van der Waals surface area contributed by atoms with Crippen LogP contribution >= 0.6 is 0 Å². The van der Waals surface area contributed by atoms with Gasteiger partial charge in [-0.15, -0.1) is 0 Å². The van der Waals surface area contributed by atoms with Crippen LogP contribution in [-0.4, -0.2) is 5.78 Å². The van der Waals surface area contributed by atoms with Gasteiger partial charge in [-0.1, -0.05) is 23.3 Å². The highest BCUT2D eigenvalue weighted by atomic mass is 16.1. The van der Waals surface area contributed by atoms with Crippen molar-refractivity contribution in [2.45, 2.75) is 46.5 Å². The summed E-state index contributed by atoms with van der Waals surface area (Å²) in [5, 5.41) is 0. The normalized spacial score (nSPS) is 13.1. The number of carbonyl (C=O) groups is 1. The minimum atomic E-state index is 0.266. The van der Waals surface area contributed by atoms with Crippen molar-refractivity contribution in [1.82, 2.24) is 0 Å². The fourth-order valence-electron chi connectivity index (χ4n) is 1.17. The van der Waals surface area contributed by atoms with Crippen molar-refractivity contribution in [1.29, 1.82) is 0 Å². The topological polar surface area (TPSA) is 17.1 Å². The lowest BCUT2D eigenvalue weighted by Crippen LogP contribution is -1.87. The summed E-state index contributed by atoms with van der Waals surface area (Å²) in [6, 6.07) is 0. The van der Waals surface area contributed by atoms with Gasteiger partial charge in [0.1, 0.15) is 5.78 Å². The number of hydrogen-bond acceptors (Lipinski definition) is 1. The van der Waals surface area contributed by atoms with Gasteiger partial charge in [-0.3, -0.25) is 0 Å². The molecule has 0 aliphatic rings. The molecule has 0 rings (SSSR count). The van der Waals surface area contributed by atoms with Crippen LogP contribution < -0.4 is 0 Å². The van der Waals surface area contributed by atoms with Gasteiger partial charge in [-0.05, 0) is 47.0 Å². The molecule has 0 aromatic rings. The zero-order valence-electron chi connectivity index (χ0n) is 9.60. The monoisotopic (exact) mass is 193 g/mol. The Kier molecular flexibility index (Phi) is 7.09. The molecule has 0 aliphatic heterocycles. The van der Waals surface area contributed by atoms with Gasteiger partial charge in [0.15, 0.2) is 0 Å². The van der Waals surface area contributed by atoms with Gasteiger partial charge in [0, 0.05) is 6.42 Å². The molecule has 0 aromatic heterocycles. The summed E-state index contributed by atoms with van der Waals surface area (Å²) in [4.78, 5) is 10.7. The third kappa shape index (κ3) is 9.24. The molecule has 0 aromatic carbocycles. The molecule has 0 fully saturated rings. The smallest absolute Gasteiger partial charge is 0.130 e. The van der Waals surface area contributed by atoms with E-state index in [0.29, 0.717) is 6.42 Å². The molecule has 0 heterocycles. The number of carbonyl (C=O) groups excluding carboxylic acids is 1. The SMILES string of the molecule is [CH2]C(C)=CCCC(C)=CCCC(C)=O. The van der Waals surface area contributed by atoms with Crippen molar-refractivity contribution >= 4 is 5.78 Å². The van der Waals surface area contributed by atoms with Crippen LogP contribution in [0.5, 0.6) is 0 Å². The molecule has 0 amide bonds. The minimum Gasteiger partial charge on any atom is -0.300 e. The highest BCUT2D eigenvalue weighted by molar-refractivity contribution is 5.75. The quantitative estimate of drug-likeness (QED) is 0.585. The molecule has 0 saturated heterocycles. The number of Topliss-reactive ketones (excluding diaryl/α,β-unsaturated/α-hetero) is 1. The highest BCUT2D eigenvalue weighted by Crippen LogP contribution is 2.08. The van der Waals surface area contributed by atoms with Gasteiger partial charge in [-0.25, -0.2) is 0 Å². The average molecular weight is 193 g/mol. The highest BCUT2D eigenvalue weighted by Gasteiger charge is 1.92. The van der Waals surface area contributed by atoms with E-state index in [1.165, 1.54) is 5.57 Å².